The zero-order chi connectivity index (χ0) is 18.6. The number of para-hydroxylation sites is 1. The molecule has 1 saturated carbocycles. The van der Waals surface area contributed by atoms with Gasteiger partial charge >= 0.3 is 0 Å². The summed E-state index contributed by atoms with van der Waals surface area (Å²) in [6, 6.07) is 11.6. The summed E-state index contributed by atoms with van der Waals surface area (Å²) in [5, 5.41) is 9.06. The standard InChI is InChI=1S/C21H24N4O2/c1-27-19-15-24(14-16-8-4-2-5-9-16)23-20(21(19)26)18-12-13-22-25(18)17-10-6-3-7-11-17/h3,6-7,10-13,15-16H,2,4-5,8-9,14H2,1H3. The van der Waals surface area contributed by atoms with Crippen LogP contribution in [0.5, 0.6) is 5.75 Å². The number of hydrogen-bond acceptors (Lipinski definition) is 4. The third-order valence-electron chi connectivity index (χ3n) is 5.21. The number of rotatable bonds is 5. The lowest BCUT2D eigenvalue weighted by atomic mass is 9.89. The Morgan fingerprint density at radius 2 is 1.89 bits per heavy atom. The van der Waals surface area contributed by atoms with Gasteiger partial charge in [-0.1, -0.05) is 37.5 Å². The molecule has 0 N–H and O–H groups in total. The van der Waals surface area contributed by atoms with Crippen molar-refractivity contribution in [3.05, 3.63) is 59.0 Å². The highest BCUT2D eigenvalue weighted by molar-refractivity contribution is 5.58. The molecule has 0 aliphatic heterocycles. The van der Waals surface area contributed by atoms with Crippen LogP contribution in [0.25, 0.3) is 17.1 Å². The maximum Gasteiger partial charge on any atom is 0.251 e. The van der Waals surface area contributed by atoms with Crippen LogP contribution in [-0.4, -0.2) is 26.7 Å². The van der Waals surface area contributed by atoms with Crippen molar-refractivity contribution >= 4 is 0 Å². The number of nitrogens with zero attached hydrogens (tertiary/aromatic N) is 4. The van der Waals surface area contributed by atoms with Crippen molar-refractivity contribution < 1.29 is 4.74 Å². The lowest BCUT2D eigenvalue weighted by molar-refractivity contribution is 0.302. The van der Waals surface area contributed by atoms with Crippen LogP contribution in [-0.2, 0) is 6.54 Å². The smallest absolute Gasteiger partial charge is 0.251 e. The third kappa shape index (κ3) is 3.65. The molecule has 2 heterocycles. The van der Waals surface area contributed by atoms with E-state index in [0.717, 1.165) is 12.2 Å². The summed E-state index contributed by atoms with van der Waals surface area (Å²) in [5.41, 5.74) is 1.71. The molecule has 2 aromatic heterocycles. The SMILES string of the molecule is COc1cn(CC2CCCCC2)nc(-c2ccnn2-c2ccccc2)c1=O. The number of benzene rings is 1. The molecule has 140 valence electrons. The molecule has 27 heavy (non-hydrogen) atoms. The lowest BCUT2D eigenvalue weighted by Crippen LogP contribution is -2.22. The first-order valence-corrected chi connectivity index (χ1v) is 9.52. The summed E-state index contributed by atoms with van der Waals surface area (Å²) in [7, 11) is 1.53. The van der Waals surface area contributed by atoms with Gasteiger partial charge in [-0.2, -0.15) is 10.2 Å². The van der Waals surface area contributed by atoms with Gasteiger partial charge in [-0.05, 0) is 37.0 Å². The molecule has 0 radical (unpaired) electrons. The first-order valence-electron chi connectivity index (χ1n) is 9.52. The summed E-state index contributed by atoms with van der Waals surface area (Å²) in [5.74, 6) is 0.918. The average molecular weight is 364 g/mol. The quantitative estimate of drug-likeness (QED) is 0.693. The maximum atomic E-state index is 12.9. The molecule has 0 unspecified atom stereocenters. The van der Waals surface area contributed by atoms with E-state index in [-0.39, 0.29) is 5.43 Å². The normalized spacial score (nSPS) is 15.0. The van der Waals surface area contributed by atoms with Crippen molar-refractivity contribution in [1.29, 1.82) is 0 Å². The molecule has 0 amide bonds. The Kier molecular flexibility index (Phi) is 5.05. The highest BCUT2D eigenvalue weighted by Crippen LogP contribution is 2.26. The Morgan fingerprint density at radius 1 is 1.11 bits per heavy atom. The molecule has 1 aliphatic carbocycles. The van der Waals surface area contributed by atoms with Gasteiger partial charge in [0.25, 0.3) is 5.43 Å². The summed E-state index contributed by atoms with van der Waals surface area (Å²) in [6.45, 7) is 0.809. The van der Waals surface area contributed by atoms with Crippen molar-refractivity contribution in [2.45, 2.75) is 38.6 Å². The number of ether oxygens (including phenoxy) is 1. The van der Waals surface area contributed by atoms with Crippen LogP contribution < -0.4 is 10.2 Å². The molecule has 1 aromatic carbocycles. The zero-order valence-corrected chi connectivity index (χ0v) is 15.5. The van der Waals surface area contributed by atoms with Crippen LogP contribution in [0.3, 0.4) is 0 Å². The molecule has 6 nitrogen and oxygen atoms in total. The highest BCUT2D eigenvalue weighted by Gasteiger charge is 2.19. The second-order valence-corrected chi connectivity index (χ2v) is 7.07. The van der Waals surface area contributed by atoms with E-state index in [0.29, 0.717) is 23.1 Å². The molecule has 0 saturated heterocycles. The monoisotopic (exact) mass is 364 g/mol. The maximum absolute atomic E-state index is 12.9. The summed E-state index contributed by atoms with van der Waals surface area (Å²) < 4.78 is 8.97. The Hall–Kier alpha value is -2.89. The fraction of sp³-hybridized carbons (Fsp3) is 0.381. The van der Waals surface area contributed by atoms with E-state index >= 15 is 0 Å². The minimum atomic E-state index is -0.213. The van der Waals surface area contributed by atoms with Crippen LogP contribution >= 0.6 is 0 Å². The fourth-order valence-corrected chi connectivity index (χ4v) is 3.81. The van der Waals surface area contributed by atoms with Crippen molar-refractivity contribution in [1.82, 2.24) is 19.6 Å². The summed E-state index contributed by atoms with van der Waals surface area (Å²) >= 11 is 0. The van der Waals surface area contributed by atoms with E-state index in [2.05, 4.69) is 10.2 Å². The summed E-state index contributed by atoms with van der Waals surface area (Å²) in [4.78, 5) is 12.9. The molecule has 1 fully saturated rings. The van der Waals surface area contributed by atoms with Crippen molar-refractivity contribution in [3.63, 3.8) is 0 Å². The lowest BCUT2D eigenvalue weighted by Gasteiger charge is -2.22. The van der Waals surface area contributed by atoms with Gasteiger partial charge < -0.3 is 4.74 Å². The molecule has 0 bridgehead atoms. The van der Waals surface area contributed by atoms with E-state index in [1.165, 1.54) is 39.2 Å². The largest absolute Gasteiger partial charge is 0.491 e. The van der Waals surface area contributed by atoms with Gasteiger partial charge in [0.15, 0.2) is 11.4 Å². The van der Waals surface area contributed by atoms with Gasteiger partial charge in [0.05, 0.1) is 30.9 Å². The molecule has 3 aromatic rings. The molecular formula is C21H24N4O2. The van der Waals surface area contributed by atoms with Gasteiger partial charge in [-0.3, -0.25) is 9.48 Å². The Morgan fingerprint density at radius 3 is 2.63 bits per heavy atom. The molecule has 4 rings (SSSR count). The zero-order valence-electron chi connectivity index (χ0n) is 15.5. The summed E-state index contributed by atoms with van der Waals surface area (Å²) in [6.07, 6.45) is 9.71. The predicted octanol–water partition coefficient (Wildman–Crippen LogP) is 3.68. The Labute approximate surface area is 158 Å². The highest BCUT2D eigenvalue weighted by atomic mass is 16.5. The number of hydrogen-bond donors (Lipinski definition) is 0. The van der Waals surface area contributed by atoms with Crippen LogP contribution in [0.15, 0.2) is 53.6 Å². The Balaban J connectivity index is 1.75. The number of methoxy groups -OCH3 is 1. The van der Waals surface area contributed by atoms with Crippen LogP contribution in [0.4, 0.5) is 0 Å². The molecule has 1 aliphatic rings. The van der Waals surface area contributed by atoms with Crippen molar-refractivity contribution in [2.75, 3.05) is 7.11 Å². The van der Waals surface area contributed by atoms with Crippen molar-refractivity contribution in [3.8, 4) is 22.8 Å². The minimum absolute atomic E-state index is 0.213. The average Bonchev–Trinajstić information content (AvgIpc) is 3.20. The van der Waals surface area contributed by atoms with E-state index < -0.39 is 0 Å². The van der Waals surface area contributed by atoms with E-state index in [1.54, 1.807) is 17.1 Å². The van der Waals surface area contributed by atoms with E-state index in [1.807, 2.05) is 41.1 Å². The third-order valence-corrected chi connectivity index (χ3v) is 5.21. The van der Waals surface area contributed by atoms with Crippen LogP contribution in [0.1, 0.15) is 32.1 Å². The Bertz CT molecular complexity index is 956. The minimum Gasteiger partial charge on any atom is -0.491 e. The molecule has 0 atom stereocenters. The van der Waals surface area contributed by atoms with Gasteiger partial charge in [-0.25, -0.2) is 4.68 Å². The molecular weight excluding hydrogens is 340 g/mol. The number of aromatic nitrogens is 4. The first-order chi connectivity index (χ1) is 13.3. The van der Waals surface area contributed by atoms with Gasteiger partial charge in [-0.15, -0.1) is 0 Å². The van der Waals surface area contributed by atoms with Crippen molar-refractivity contribution in [2.24, 2.45) is 5.92 Å². The van der Waals surface area contributed by atoms with Gasteiger partial charge in [0.2, 0.25) is 0 Å². The molecule has 6 heteroatoms. The second kappa shape index (κ2) is 7.78. The fourth-order valence-electron chi connectivity index (χ4n) is 3.81. The van der Waals surface area contributed by atoms with Gasteiger partial charge in [0.1, 0.15) is 0 Å². The van der Waals surface area contributed by atoms with Crippen LogP contribution in [0.2, 0.25) is 0 Å². The van der Waals surface area contributed by atoms with Crippen LogP contribution in [0, 0.1) is 5.92 Å². The second-order valence-electron chi connectivity index (χ2n) is 7.07. The van der Waals surface area contributed by atoms with E-state index in [4.69, 9.17) is 4.74 Å². The topological polar surface area (TPSA) is 61.9 Å². The predicted molar refractivity (Wildman–Crippen MR) is 104 cm³/mol. The van der Waals surface area contributed by atoms with Gasteiger partial charge in [0, 0.05) is 6.54 Å². The molecule has 0 spiro atoms. The first kappa shape index (κ1) is 17.5. The van der Waals surface area contributed by atoms with E-state index in [9.17, 15) is 4.79 Å².